The number of rotatable bonds is 4. The first-order valence-electron chi connectivity index (χ1n) is 8.81. The van der Waals surface area contributed by atoms with Gasteiger partial charge in [-0.15, -0.1) is 0 Å². The quantitative estimate of drug-likeness (QED) is 0.621. The third-order valence-corrected chi connectivity index (χ3v) is 4.56. The first-order valence-corrected chi connectivity index (χ1v) is 8.81. The first-order chi connectivity index (χ1) is 12.7. The molecule has 144 valence electrons. The minimum Gasteiger partial charge on any atom is -0.378 e. The lowest BCUT2D eigenvalue weighted by Gasteiger charge is -2.35. The molecule has 0 aliphatic carbocycles. The average molecular weight is 372 g/mol. The Labute approximate surface area is 157 Å². The van der Waals surface area contributed by atoms with Gasteiger partial charge >= 0.3 is 5.69 Å². The fourth-order valence-electron chi connectivity index (χ4n) is 3.21. The van der Waals surface area contributed by atoms with E-state index in [1.807, 2.05) is 50.8 Å². The van der Waals surface area contributed by atoms with E-state index >= 15 is 0 Å². The van der Waals surface area contributed by atoms with Crippen LogP contribution in [-0.4, -0.2) is 40.2 Å². The molecule has 0 radical (unpaired) electrons. The van der Waals surface area contributed by atoms with E-state index in [0.717, 1.165) is 11.3 Å². The highest BCUT2D eigenvalue weighted by molar-refractivity contribution is 5.72. The molecule has 1 aliphatic heterocycles. The first kappa shape index (κ1) is 18.8. The van der Waals surface area contributed by atoms with E-state index in [0.29, 0.717) is 13.1 Å². The Bertz CT molecular complexity index is 862. The van der Waals surface area contributed by atoms with Crippen LogP contribution in [0.1, 0.15) is 25.0 Å². The van der Waals surface area contributed by atoms with E-state index in [1.54, 1.807) is 0 Å². The largest absolute Gasteiger partial charge is 0.378 e. The molecule has 2 unspecified atom stereocenters. The van der Waals surface area contributed by atoms with Crippen molar-refractivity contribution < 1.29 is 9.66 Å². The molecule has 0 bridgehead atoms. The number of nitrogen functional groups attached to an aromatic ring is 1. The number of nitrogens with two attached hydrogens (primary N) is 1. The summed E-state index contributed by atoms with van der Waals surface area (Å²) in [5.41, 5.74) is 8.72. The average Bonchev–Trinajstić information content (AvgIpc) is 2.56. The van der Waals surface area contributed by atoms with Gasteiger partial charge in [-0.1, -0.05) is 6.07 Å². The summed E-state index contributed by atoms with van der Waals surface area (Å²) in [6.45, 7) is 8.86. The molecule has 3 N–H and O–H groups in total. The lowest BCUT2D eigenvalue weighted by atomic mass is 10.1. The van der Waals surface area contributed by atoms with Crippen LogP contribution < -0.4 is 16.0 Å². The van der Waals surface area contributed by atoms with Crippen LogP contribution in [0, 0.1) is 24.0 Å². The molecular formula is C18H24N6O3. The van der Waals surface area contributed by atoms with Gasteiger partial charge in [-0.3, -0.25) is 10.1 Å². The molecule has 1 fully saturated rings. The number of hydrogen-bond donors (Lipinski definition) is 2. The summed E-state index contributed by atoms with van der Waals surface area (Å²) in [4.78, 5) is 21.4. The molecule has 0 saturated carbocycles. The molecule has 2 atom stereocenters. The number of aryl methyl sites for hydroxylation is 2. The molecular weight excluding hydrogens is 348 g/mol. The number of benzene rings is 1. The van der Waals surface area contributed by atoms with Gasteiger partial charge in [-0.2, -0.15) is 9.97 Å². The van der Waals surface area contributed by atoms with Crippen molar-refractivity contribution in [1.82, 2.24) is 9.97 Å². The van der Waals surface area contributed by atoms with E-state index in [4.69, 9.17) is 10.5 Å². The highest BCUT2D eigenvalue weighted by Crippen LogP contribution is 2.34. The standard InChI is InChI=1S/C18H24N6O3/c1-10-5-6-14(7-11(10)2)20-18-21-16(19)15(24(25)26)17(22-18)23-8-12(3)27-13(4)9-23/h5-7,12-13H,8-9H2,1-4H3,(H3,19,20,21,22). The number of hydrogen-bond acceptors (Lipinski definition) is 8. The molecule has 2 heterocycles. The van der Waals surface area contributed by atoms with E-state index in [2.05, 4.69) is 15.3 Å². The normalized spacial score (nSPS) is 19.8. The van der Waals surface area contributed by atoms with Crippen molar-refractivity contribution in [2.24, 2.45) is 0 Å². The van der Waals surface area contributed by atoms with Crippen LogP contribution in [0.4, 0.5) is 29.0 Å². The molecule has 1 aliphatic rings. The van der Waals surface area contributed by atoms with Crippen molar-refractivity contribution >= 4 is 29.0 Å². The monoisotopic (exact) mass is 372 g/mol. The highest BCUT2D eigenvalue weighted by Gasteiger charge is 2.32. The molecule has 1 saturated heterocycles. The lowest BCUT2D eigenvalue weighted by molar-refractivity contribution is -0.383. The minimum absolute atomic E-state index is 0.0688. The van der Waals surface area contributed by atoms with Crippen LogP contribution in [0.25, 0.3) is 0 Å². The summed E-state index contributed by atoms with van der Waals surface area (Å²) in [5, 5.41) is 14.7. The number of aromatic nitrogens is 2. The van der Waals surface area contributed by atoms with Gasteiger partial charge in [0.05, 0.1) is 17.1 Å². The van der Waals surface area contributed by atoms with Gasteiger partial charge in [0.15, 0.2) is 0 Å². The van der Waals surface area contributed by atoms with Gasteiger partial charge in [0.1, 0.15) is 0 Å². The van der Waals surface area contributed by atoms with Crippen molar-refractivity contribution in [3.05, 3.63) is 39.4 Å². The van der Waals surface area contributed by atoms with Crippen molar-refractivity contribution in [1.29, 1.82) is 0 Å². The molecule has 2 aromatic rings. The Morgan fingerprint density at radius 3 is 2.48 bits per heavy atom. The molecule has 9 heteroatoms. The van der Waals surface area contributed by atoms with Gasteiger partial charge < -0.3 is 20.7 Å². The zero-order valence-electron chi connectivity index (χ0n) is 15.9. The summed E-state index contributed by atoms with van der Waals surface area (Å²) in [7, 11) is 0. The molecule has 0 amide bonds. The fraction of sp³-hybridized carbons (Fsp3) is 0.444. The van der Waals surface area contributed by atoms with Crippen LogP contribution in [0.15, 0.2) is 18.2 Å². The van der Waals surface area contributed by atoms with E-state index in [9.17, 15) is 10.1 Å². The van der Waals surface area contributed by atoms with Gasteiger partial charge in [0.2, 0.25) is 17.6 Å². The van der Waals surface area contributed by atoms with Crippen LogP contribution in [-0.2, 0) is 4.74 Å². The Morgan fingerprint density at radius 1 is 1.22 bits per heavy atom. The minimum atomic E-state index is -0.532. The van der Waals surface area contributed by atoms with E-state index in [-0.39, 0.29) is 35.5 Å². The maximum absolute atomic E-state index is 11.6. The van der Waals surface area contributed by atoms with Gasteiger partial charge in [-0.05, 0) is 51.0 Å². The Kier molecular flexibility index (Phi) is 5.13. The maximum Gasteiger partial charge on any atom is 0.353 e. The maximum atomic E-state index is 11.6. The summed E-state index contributed by atoms with van der Waals surface area (Å²) >= 11 is 0. The smallest absolute Gasteiger partial charge is 0.353 e. The Hall–Kier alpha value is -2.94. The Balaban J connectivity index is 2.00. The number of ether oxygens (including phenoxy) is 1. The molecule has 9 nitrogen and oxygen atoms in total. The summed E-state index contributed by atoms with van der Waals surface area (Å²) in [6, 6.07) is 5.86. The summed E-state index contributed by atoms with van der Waals surface area (Å²) in [5.74, 6) is 0.270. The molecule has 1 aromatic heterocycles. The van der Waals surface area contributed by atoms with Crippen molar-refractivity contribution in [3.8, 4) is 0 Å². The number of nitrogens with zero attached hydrogens (tertiary/aromatic N) is 4. The van der Waals surface area contributed by atoms with Crippen molar-refractivity contribution in [2.45, 2.75) is 39.9 Å². The third kappa shape index (κ3) is 4.08. The second kappa shape index (κ2) is 7.36. The Morgan fingerprint density at radius 2 is 1.89 bits per heavy atom. The highest BCUT2D eigenvalue weighted by atomic mass is 16.6. The van der Waals surface area contributed by atoms with Gasteiger partial charge in [0.25, 0.3) is 0 Å². The predicted molar refractivity (Wildman–Crippen MR) is 105 cm³/mol. The van der Waals surface area contributed by atoms with Gasteiger partial charge in [0, 0.05) is 18.8 Å². The number of nitrogens with one attached hydrogen (secondary N) is 1. The van der Waals surface area contributed by atoms with Crippen LogP contribution >= 0.6 is 0 Å². The van der Waals surface area contributed by atoms with Crippen LogP contribution in [0.5, 0.6) is 0 Å². The number of anilines is 4. The zero-order chi connectivity index (χ0) is 19.7. The van der Waals surface area contributed by atoms with Gasteiger partial charge in [-0.25, -0.2) is 0 Å². The fourth-order valence-corrected chi connectivity index (χ4v) is 3.21. The van der Waals surface area contributed by atoms with Crippen LogP contribution in [0.3, 0.4) is 0 Å². The zero-order valence-corrected chi connectivity index (χ0v) is 15.9. The predicted octanol–water partition coefficient (Wildman–Crippen LogP) is 2.94. The van der Waals surface area contributed by atoms with E-state index in [1.165, 1.54) is 5.56 Å². The van der Waals surface area contributed by atoms with Crippen molar-refractivity contribution in [2.75, 3.05) is 29.0 Å². The topological polar surface area (TPSA) is 119 Å². The lowest BCUT2D eigenvalue weighted by Crippen LogP contribution is -2.46. The molecule has 3 rings (SSSR count). The third-order valence-electron chi connectivity index (χ3n) is 4.56. The van der Waals surface area contributed by atoms with Crippen molar-refractivity contribution in [3.63, 3.8) is 0 Å². The molecule has 0 spiro atoms. The second-order valence-corrected chi connectivity index (χ2v) is 6.95. The molecule has 1 aromatic carbocycles. The second-order valence-electron chi connectivity index (χ2n) is 6.95. The SMILES string of the molecule is Cc1ccc(Nc2nc(N)c([N+](=O)[O-])c(N3CC(C)OC(C)C3)n2)cc1C. The summed E-state index contributed by atoms with van der Waals surface area (Å²) in [6.07, 6.45) is -0.138. The van der Waals surface area contributed by atoms with Crippen LogP contribution in [0.2, 0.25) is 0 Å². The number of morpholine rings is 1. The summed E-state index contributed by atoms with van der Waals surface area (Å²) < 4.78 is 5.72. The number of nitro groups is 1. The molecule has 27 heavy (non-hydrogen) atoms. The van der Waals surface area contributed by atoms with E-state index < -0.39 is 4.92 Å².